The first-order valence-corrected chi connectivity index (χ1v) is 5.81. The predicted octanol–water partition coefficient (Wildman–Crippen LogP) is 1.81. The van der Waals surface area contributed by atoms with E-state index in [0.29, 0.717) is 6.42 Å². The topological polar surface area (TPSA) is 55.1 Å². The lowest BCUT2D eigenvalue weighted by atomic mass is 9.75. The standard InChI is InChI=1S/C12H24N2O/c1-9(11(2,3)4)14-10(15)8-12(13)6-5-7-12/h9H,5-8,13H2,1-4H3,(H,14,15). The molecule has 1 atom stereocenters. The van der Waals surface area contributed by atoms with Crippen LogP contribution in [0.3, 0.4) is 0 Å². The van der Waals surface area contributed by atoms with Crippen molar-refractivity contribution in [1.29, 1.82) is 0 Å². The molecule has 0 saturated heterocycles. The molecule has 1 amide bonds. The largest absolute Gasteiger partial charge is 0.353 e. The van der Waals surface area contributed by atoms with Crippen LogP contribution in [0.15, 0.2) is 0 Å². The molecule has 1 aliphatic carbocycles. The average Bonchev–Trinajstić information content (AvgIpc) is 1.99. The maximum absolute atomic E-state index is 11.7. The number of hydrogen-bond donors (Lipinski definition) is 2. The molecule has 0 spiro atoms. The fourth-order valence-corrected chi connectivity index (χ4v) is 1.64. The Labute approximate surface area is 92.8 Å². The molecule has 0 aromatic rings. The molecule has 0 aromatic heterocycles. The summed E-state index contributed by atoms with van der Waals surface area (Å²) in [5, 5.41) is 3.03. The normalized spacial score (nSPS) is 21.7. The molecule has 1 fully saturated rings. The van der Waals surface area contributed by atoms with Gasteiger partial charge in [-0.3, -0.25) is 4.79 Å². The zero-order valence-corrected chi connectivity index (χ0v) is 10.4. The molecule has 1 rings (SSSR count). The Morgan fingerprint density at radius 2 is 2.00 bits per heavy atom. The van der Waals surface area contributed by atoms with Crippen molar-refractivity contribution in [3.05, 3.63) is 0 Å². The van der Waals surface area contributed by atoms with E-state index in [2.05, 4.69) is 26.1 Å². The fourth-order valence-electron chi connectivity index (χ4n) is 1.64. The minimum absolute atomic E-state index is 0.0969. The Balaban J connectivity index is 2.36. The Hall–Kier alpha value is -0.570. The minimum atomic E-state index is -0.207. The molecule has 1 aliphatic rings. The van der Waals surface area contributed by atoms with Crippen LogP contribution >= 0.6 is 0 Å². The van der Waals surface area contributed by atoms with Crippen molar-refractivity contribution < 1.29 is 4.79 Å². The van der Waals surface area contributed by atoms with E-state index in [1.807, 2.05) is 6.92 Å². The Morgan fingerprint density at radius 3 is 2.33 bits per heavy atom. The van der Waals surface area contributed by atoms with Gasteiger partial charge in [0.05, 0.1) is 0 Å². The van der Waals surface area contributed by atoms with Crippen molar-refractivity contribution in [2.75, 3.05) is 0 Å². The lowest BCUT2D eigenvalue weighted by Gasteiger charge is -2.38. The van der Waals surface area contributed by atoms with Gasteiger partial charge in [-0.05, 0) is 31.6 Å². The fraction of sp³-hybridized carbons (Fsp3) is 0.917. The second kappa shape index (κ2) is 4.12. The summed E-state index contributed by atoms with van der Waals surface area (Å²) in [6.07, 6.45) is 3.63. The molecule has 15 heavy (non-hydrogen) atoms. The third-order valence-electron chi connectivity index (χ3n) is 3.54. The van der Waals surface area contributed by atoms with Gasteiger partial charge in [0.25, 0.3) is 0 Å². The molecule has 0 aliphatic heterocycles. The van der Waals surface area contributed by atoms with E-state index in [1.165, 1.54) is 6.42 Å². The third-order valence-corrected chi connectivity index (χ3v) is 3.54. The van der Waals surface area contributed by atoms with Crippen LogP contribution < -0.4 is 11.1 Å². The van der Waals surface area contributed by atoms with Gasteiger partial charge in [-0.15, -0.1) is 0 Å². The summed E-state index contributed by atoms with van der Waals surface area (Å²) in [7, 11) is 0. The van der Waals surface area contributed by atoms with Crippen molar-refractivity contribution in [1.82, 2.24) is 5.32 Å². The van der Waals surface area contributed by atoms with Gasteiger partial charge >= 0.3 is 0 Å². The first-order chi connectivity index (χ1) is 6.73. The van der Waals surface area contributed by atoms with E-state index in [9.17, 15) is 4.79 Å². The highest BCUT2D eigenvalue weighted by molar-refractivity contribution is 5.77. The summed E-state index contributed by atoms with van der Waals surface area (Å²) in [5.41, 5.74) is 5.93. The van der Waals surface area contributed by atoms with Gasteiger partial charge in [-0.1, -0.05) is 20.8 Å². The molecule has 0 radical (unpaired) electrons. The van der Waals surface area contributed by atoms with E-state index in [0.717, 1.165) is 12.8 Å². The van der Waals surface area contributed by atoms with Crippen molar-refractivity contribution in [2.45, 2.75) is 65.0 Å². The van der Waals surface area contributed by atoms with E-state index < -0.39 is 0 Å². The monoisotopic (exact) mass is 212 g/mol. The van der Waals surface area contributed by atoms with Gasteiger partial charge in [0.1, 0.15) is 0 Å². The SMILES string of the molecule is CC(NC(=O)CC1(N)CCC1)C(C)(C)C. The highest BCUT2D eigenvalue weighted by atomic mass is 16.1. The number of carbonyl (C=O) groups excluding carboxylic acids is 1. The van der Waals surface area contributed by atoms with E-state index in [4.69, 9.17) is 5.73 Å². The Bertz CT molecular complexity index is 238. The van der Waals surface area contributed by atoms with Gasteiger partial charge < -0.3 is 11.1 Å². The Morgan fingerprint density at radius 1 is 1.47 bits per heavy atom. The smallest absolute Gasteiger partial charge is 0.222 e. The zero-order chi connectivity index (χ0) is 11.7. The van der Waals surface area contributed by atoms with Crippen LogP contribution in [0.1, 0.15) is 53.4 Å². The number of nitrogens with one attached hydrogen (secondary N) is 1. The molecule has 3 heteroatoms. The highest BCUT2D eigenvalue weighted by Crippen LogP contribution is 2.32. The van der Waals surface area contributed by atoms with Crippen molar-refractivity contribution in [2.24, 2.45) is 11.1 Å². The molecule has 0 bridgehead atoms. The summed E-state index contributed by atoms with van der Waals surface area (Å²) < 4.78 is 0. The maximum Gasteiger partial charge on any atom is 0.222 e. The van der Waals surface area contributed by atoms with Crippen LogP contribution in [-0.2, 0) is 4.79 Å². The lowest BCUT2D eigenvalue weighted by molar-refractivity contribution is -0.124. The van der Waals surface area contributed by atoms with Crippen LogP contribution in [0, 0.1) is 5.41 Å². The summed E-state index contributed by atoms with van der Waals surface area (Å²) in [6, 6.07) is 0.189. The van der Waals surface area contributed by atoms with Gasteiger partial charge in [-0.2, -0.15) is 0 Å². The Kier molecular flexibility index (Phi) is 3.44. The third kappa shape index (κ3) is 3.49. The average molecular weight is 212 g/mol. The highest BCUT2D eigenvalue weighted by Gasteiger charge is 2.35. The number of carbonyl (C=O) groups is 1. The predicted molar refractivity (Wildman–Crippen MR) is 62.4 cm³/mol. The van der Waals surface area contributed by atoms with Crippen LogP contribution in [0.2, 0.25) is 0 Å². The molecule has 1 unspecified atom stereocenters. The van der Waals surface area contributed by atoms with Gasteiger partial charge in [0, 0.05) is 18.0 Å². The van der Waals surface area contributed by atoms with E-state index >= 15 is 0 Å². The number of amides is 1. The lowest BCUT2D eigenvalue weighted by Crippen LogP contribution is -2.52. The van der Waals surface area contributed by atoms with E-state index in [-0.39, 0.29) is 22.9 Å². The van der Waals surface area contributed by atoms with Gasteiger partial charge in [0.2, 0.25) is 5.91 Å². The molecular weight excluding hydrogens is 188 g/mol. The first kappa shape index (κ1) is 12.5. The van der Waals surface area contributed by atoms with Crippen LogP contribution in [-0.4, -0.2) is 17.5 Å². The zero-order valence-electron chi connectivity index (χ0n) is 10.4. The van der Waals surface area contributed by atoms with Gasteiger partial charge in [-0.25, -0.2) is 0 Å². The second-order valence-corrected chi connectivity index (χ2v) is 6.05. The van der Waals surface area contributed by atoms with Crippen LogP contribution in [0.4, 0.5) is 0 Å². The van der Waals surface area contributed by atoms with Crippen LogP contribution in [0.5, 0.6) is 0 Å². The molecule has 3 nitrogen and oxygen atoms in total. The molecule has 0 heterocycles. The second-order valence-electron chi connectivity index (χ2n) is 6.05. The maximum atomic E-state index is 11.7. The summed E-state index contributed by atoms with van der Waals surface area (Å²) in [5.74, 6) is 0.0969. The number of hydrogen-bond acceptors (Lipinski definition) is 2. The molecule has 3 N–H and O–H groups in total. The molecular formula is C12H24N2O. The first-order valence-electron chi connectivity index (χ1n) is 5.81. The van der Waals surface area contributed by atoms with Crippen molar-refractivity contribution >= 4 is 5.91 Å². The van der Waals surface area contributed by atoms with Crippen molar-refractivity contribution in [3.63, 3.8) is 0 Å². The number of rotatable bonds is 3. The summed E-state index contributed by atoms with van der Waals surface area (Å²) in [6.45, 7) is 8.42. The van der Waals surface area contributed by atoms with E-state index in [1.54, 1.807) is 0 Å². The van der Waals surface area contributed by atoms with Crippen LogP contribution in [0.25, 0.3) is 0 Å². The van der Waals surface area contributed by atoms with Crippen molar-refractivity contribution in [3.8, 4) is 0 Å². The van der Waals surface area contributed by atoms with Gasteiger partial charge in [0.15, 0.2) is 0 Å². The number of nitrogens with two attached hydrogens (primary N) is 1. The molecule has 88 valence electrons. The quantitative estimate of drug-likeness (QED) is 0.749. The minimum Gasteiger partial charge on any atom is -0.353 e. The summed E-state index contributed by atoms with van der Waals surface area (Å²) >= 11 is 0. The molecule has 0 aromatic carbocycles. The summed E-state index contributed by atoms with van der Waals surface area (Å²) in [4.78, 5) is 11.7. The molecule has 1 saturated carbocycles.